The van der Waals surface area contributed by atoms with Crippen molar-refractivity contribution >= 4 is 29.1 Å². The molecular weight excluding hydrogens is 278 g/mol. The Morgan fingerprint density at radius 2 is 2.00 bits per heavy atom. The highest BCUT2D eigenvalue weighted by Crippen LogP contribution is 2.26. The first-order valence-electron chi connectivity index (χ1n) is 5.87. The number of benzene rings is 1. The lowest BCUT2D eigenvalue weighted by atomic mass is 10.2. The van der Waals surface area contributed by atoms with Crippen molar-refractivity contribution in [2.24, 2.45) is 0 Å². The number of carboxylic acids is 1. The maximum absolute atomic E-state index is 11.6. The van der Waals surface area contributed by atoms with Crippen molar-refractivity contribution in [2.45, 2.75) is 13.5 Å². The molecule has 2 N–H and O–H groups in total. The average molecular weight is 291 g/mol. The zero-order chi connectivity index (χ0) is 14.5. The molecule has 0 saturated heterocycles. The Kier molecular flexibility index (Phi) is 4.37. The van der Waals surface area contributed by atoms with Gasteiger partial charge in [-0.1, -0.05) is 30.3 Å². The third kappa shape index (κ3) is 3.58. The van der Waals surface area contributed by atoms with Crippen molar-refractivity contribution in [2.75, 3.05) is 5.32 Å². The summed E-state index contributed by atoms with van der Waals surface area (Å²) in [4.78, 5) is 23.6. The maximum Gasteiger partial charge on any atom is 0.412 e. The molecule has 5 nitrogen and oxygen atoms in total. The molecule has 0 aliphatic heterocycles. The van der Waals surface area contributed by atoms with Crippen molar-refractivity contribution in [1.29, 1.82) is 0 Å². The van der Waals surface area contributed by atoms with E-state index in [0.717, 1.165) is 21.8 Å². The first-order valence-corrected chi connectivity index (χ1v) is 6.69. The number of rotatable bonds is 4. The van der Waals surface area contributed by atoms with Crippen molar-refractivity contribution in [3.8, 4) is 0 Å². The first-order chi connectivity index (χ1) is 9.56. The number of thiophene rings is 1. The number of hydrogen-bond acceptors (Lipinski definition) is 4. The van der Waals surface area contributed by atoms with Gasteiger partial charge in [0.25, 0.3) is 0 Å². The largest absolute Gasteiger partial charge is 0.477 e. The van der Waals surface area contributed by atoms with Gasteiger partial charge in [0.2, 0.25) is 0 Å². The molecule has 6 heteroatoms. The summed E-state index contributed by atoms with van der Waals surface area (Å²) >= 11 is 1.11. The topological polar surface area (TPSA) is 75.6 Å². The molecule has 0 spiro atoms. The minimum atomic E-state index is -1.07. The predicted molar refractivity (Wildman–Crippen MR) is 76.3 cm³/mol. The molecule has 0 aliphatic rings. The molecule has 0 saturated carbocycles. The van der Waals surface area contributed by atoms with Crippen LogP contribution in [0.15, 0.2) is 36.4 Å². The lowest BCUT2D eigenvalue weighted by Crippen LogP contribution is -2.14. The number of amides is 1. The lowest BCUT2D eigenvalue weighted by molar-refractivity contribution is 0.0703. The van der Waals surface area contributed by atoms with Crippen LogP contribution in [0.4, 0.5) is 10.5 Å². The van der Waals surface area contributed by atoms with Crippen LogP contribution in [0.25, 0.3) is 0 Å². The molecular formula is C14H13NO4S. The molecule has 1 aromatic heterocycles. The zero-order valence-corrected chi connectivity index (χ0v) is 11.6. The van der Waals surface area contributed by atoms with Gasteiger partial charge < -0.3 is 9.84 Å². The van der Waals surface area contributed by atoms with Crippen molar-refractivity contribution < 1.29 is 19.4 Å². The van der Waals surface area contributed by atoms with Crippen LogP contribution >= 0.6 is 11.3 Å². The third-order valence-electron chi connectivity index (χ3n) is 2.50. The van der Waals surface area contributed by atoms with Gasteiger partial charge in [-0.3, -0.25) is 5.32 Å². The fourth-order valence-electron chi connectivity index (χ4n) is 1.64. The highest BCUT2D eigenvalue weighted by Gasteiger charge is 2.16. The summed E-state index contributed by atoms with van der Waals surface area (Å²) in [7, 11) is 0. The van der Waals surface area contributed by atoms with Crippen LogP contribution in [0, 0.1) is 6.92 Å². The van der Waals surface area contributed by atoms with Crippen LogP contribution in [0.3, 0.4) is 0 Å². The molecule has 1 aromatic carbocycles. The highest BCUT2D eigenvalue weighted by atomic mass is 32.1. The Balaban J connectivity index is 1.96. The monoisotopic (exact) mass is 291 g/mol. The summed E-state index contributed by atoms with van der Waals surface area (Å²) < 4.78 is 5.04. The van der Waals surface area contributed by atoms with Gasteiger partial charge in [0.15, 0.2) is 0 Å². The molecule has 0 bridgehead atoms. The number of ether oxygens (including phenoxy) is 1. The van der Waals surface area contributed by atoms with E-state index in [1.54, 1.807) is 13.0 Å². The van der Waals surface area contributed by atoms with E-state index >= 15 is 0 Å². The minimum absolute atomic E-state index is 0.0964. The van der Waals surface area contributed by atoms with Gasteiger partial charge in [-0.05, 0) is 18.6 Å². The number of aromatic carboxylic acids is 1. The van der Waals surface area contributed by atoms with E-state index in [1.165, 1.54) is 0 Å². The quantitative estimate of drug-likeness (QED) is 0.904. The predicted octanol–water partition coefficient (Wildman–Crippen LogP) is 3.50. The molecule has 2 rings (SSSR count). The molecule has 2 aromatic rings. The van der Waals surface area contributed by atoms with Crippen LogP contribution in [0.2, 0.25) is 0 Å². The standard InChI is InChI=1S/C14H13NO4S/c1-9-7-11(12(20-9)13(16)17)15-14(18)19-8-10-5-3-2-4-6-10/h2-7H,8H2,1H3,(H,15,18)(H,16,17). The second-order valence-electron chi connectivity index (χ2n) is 4.09. The van der Waals surface area contributed by atoms with E-state index in [-0.39, 0.29) is 17.2 Å². The third-order valence-corrected chi connectivity index (χ3v) is 3.54. The molecule has 0 aliphatic carbocycles. The first kappa shape index (κ1) is 14.1. The van der Waals surface area contributed by atoms with E-state index in [0.29, 0.717) is 0 Å². The number of carboxylic acid groups (broad SMARTS) is 1. The van der Waals surface area contributed by atoms with Crippen molar-refractivity contribution in [3.05, 3.63) is 51.7 Å². The summed E-state index contributed by atoms with van der Waals surface area (Å²) in [6.07, 6.45) is -0.672. The number of aryl methyl sites for hydroxylation is 1. The minimum Gasteiger partial charge on any atom is -0.477 e. The van der Waals surface area contributed by atoms with Gasteiger partial charge in [-0.2, -0.15) is 0 Å². The van der Waals surface area contributed by atoms with Crippen molar-refractivity contribution in [3.63, 3.8) is 0 Å². The van der Waals surface area contributed by atoms with Crippen molar-refractivity contribution in [1.82, 2.24) is 0 Å². The molecule has 20 heavy (non-hydrogen) atoms. The summed E-state index contributed by atoms with van der Waals surface area (Å²) in [6.45, 7) is 1.91. The second kappa shape index (κ2) is 6.21. The van der Waals surface area contributed by atoms with Crippen LogP contribution in [-0.4, -0.2) is 17.2 Å². The Labute approximate surface area is 119 Å². The second-order valence-corrected chi connectivity index (χ2v) is 5.35. The van der Waals surface area contributed by atoms with Gasteiger partial charge >= 0.3 is 12.1 Å². The Morgan fingerprint density at radius 1 is 1.30 bits per heavy atom. The summed E-state index contributed by atoms with van der Waals surface area (Å²) in [5.74, 6) is -1.07. The SMILES string of the molecule is Cc1cc(NC(=O)OCc2ccccc2)c(C(=O)O)s1. The Hall–Kier alpha value is -2.34. The highest BCUT2D eigenvalue weighted by molar-refractivity contribution is 7.14. The number of carbonyl (C=O) groups is 2. The molecule has 1 heterocycles. The van der Waals surface area contributed by atoms with E-state index in [1.807, 2.05) is 30.3 Å². The Bertz CT molecular complexity index is 621. The molecule has 0 fully saturated rings. The van der Waals surface area contributed by atoms with E-state index < -0.39 is 12.1 Å². The zero-order valence-electron chi connectivity index (χ0n) is 10.8. The van der Waals surface area contributed by atoms with Gasteiger partial charge in [0, 0.05) is 4.88 Å². The fraction of sp³-hybridized carbons (Fsp3) is 0.143. The number of anilines is 1. The van der Waals surface area contributed by atoms with Crippen LogP contribution in [0.5, 0.6) is 0 Å². The molecule has 0 unspecified atom stereocenters. The van der Waals surface area contributed by atoms with Gasteiger partial charge in [-0.15, -0.1) is 11.3 Å². The lowest BCUT2D eigenvalue weighted by Gasteiger charge is -2.06. The van der Waals surface area contributed by atoms with Gasteiger partial charge in [0.1, 0.15) is 11.5 Å². The average Bonchev–Trinajstić information content (AvgIpc) is 2.79. The number of hydrogen-bond donors (Lipinski definition) is 2. The summed E-state index contributed by atoms with van der Waals surface area (Å²) in [5.41, 5.74) is 1.13. The smallest absolute Gasteiger partial charge is 0.412 e. The van der Waals surface area contributed by atoms with Crippen LogP contribution in [-0.2, 0) is 11.3 Å². The number of carbonyl (C=O) groups excluding carboxylic acids is 1. The van der Waals surface area contributed by atoms with Gasteiger partial charge in [-0.25, -0.2) is 9.59 Å². The molecule has 1 amide bonds. The van der Waals surface area contributed by atoms with Gasteiger partial charge in [0.05, 0.1) is 5.69 Å². The molecule has 0 atom stereocenters. The van der Waals surface area contributed by atoms with Crippen LogP contribution < -0.4 is 5.32 Å². The van der Waals surface area contributed by atoms with E-state index in [4.69, 9.17) is 9.84 Å². The number of nitrogens with one attached hydrogen (secondary N) is 1. The normalized spacial score (nSPS) is 10.1. The summed E-state index contributed by atoms with van der Waals surface area (Å²) in [6, 6.07) is 10.9. The van der Waals surface area contributed by atoms with E-state index in [2.05, 4.69) is 5.32 Å². The Morgan fingerprint density at radius 3 is 2.65 bits per heavy atom. The molecule has 104 valence electrons. The molecule has 0 radical (unpaired) electrons. The maximum atomic E-state index is 11.6. The van der Waals surface area contributed by atoms with Crippen LogP contribution in [0.1, 0.15) is 20.1 Å². The van der Waals surface area contributed by atoms with E-state index in [9.17, 15) is 9.59 Å². The fourth-order valence-corrected chi connectivity index (χ4v) is 2.44. The summed E-state index contributed by atoms with van der Waals surface area (Å²) in [5, 5.41) is 11.5.